The van der Waals surface area contributed by atoms with Gasteiger partial charge in [-0.3, -0.25) is 4.79 Å². The molecule has 2 atom stereocenters. The number of rotatable bonds is 2. The van der Waals surface area contributed by atoms with Crippen molar-refractivity contribution in [3.63, 3.8) is 0 Å². The van der Waals surface area contributed by atoms with E-state index in [9.17, 15) is 9.90 Å². The predicted molar refractivity (Wildman–Crippen MR) is 55.8 cm³/mol. The molecular weight excluding hydrogens is 178 g/mol. The zero-order valence-electron chi connectivity index (χ0n) is 9.36. The van der Waals surface area contributed by atoms with Crippen LogP contribution < -0.4 is 0 Å². The molecule has 1 aliphatic heterocycles. The summed E-state index contributed by atoms with van der Waals surface area (Å²) in [5.74, 6) is 1.56. The Morgan fingerprint density at radius 1 is 1.57 bits per heavy atom. The molecule has 1 saturated heterocycles. The first-order valence-corrected chi connectivity index (χ1v) is 5.42. The summed E-state index contributed by atoms with van der Waals surface area (Å²) in [7, 11) is 0. The Labute approximate surface area is 86.1 Å². The fourth-order valence-corrected chi connectivity index (χ4v) is 2.41. The van der Waals surface area contributed by atoms with Crippen LogP contribution in [0.2, 0.25) is 0 Å². The molecule has 2 unspecified atom stereocenters. The molecule has 1 N–H and O–H groups in total. The second kappa shape index (κ2) is 4.78. The van der Waals surface area contributed by atoms with Crippen LogP contribution in [0.4, 0.5) is 0 Å². The van der Waals surface area contributed by atoms with E-state index in [-0.39, 0.29) is 18.4 Å². The van der Waals surface area contributed by atoms with E-state index in [1.807, 2.05) is 4.90 Å². The predicted octanol–water partition coefficient (Wildman–Crippen LogP) is 1.12. The standard InChI is InChI=1S/C11H21NO2/c1-8(2)11-4-5-12(9(3)14)6-10(11)7-13/h8,10-11,13H,4-7H2,1-3H3. The fraction of sp³-hybridized carbons (Fsp3) is 0.909. The molecule has 0 aromatic heterocycles. The van der Waals surface area contributed by atoms with Crippen LogP contribution in [0.3, 0.4) is 0 Å². The summed E-state index contributed by atoms with van der Waals surface area (Å²) < 4.78 is 0. The lowest BCUT2D eigenvalue weighted by atomic mass is 9.78. The van der Waals surface area contributed by atoms with Crippen LogP contribution in [0.25, 0.3) is 0 Å². The van der Waals surface area contributed by atoms with E-state index in [2.05, 4.69) is 13.8 Å². The molecule has 1 rings (SSSR count). The molecule has 1 aliphatic rings. The molecule has 0 bridgehead atoms. The van der Waals surface area contributed by atoms with E-state index in [1.165, 1.54) is 0 Å². The highest BCUT2D eigenvalue weighted by Crippen LogP contribution is 2.29. The fourth-order valence-electron chi connectivity index (χ4n) is 2.41. The maximum absolute atomic E-state index is 11.2. The lowest BCUT2D eigenvalue weighted by Crippen LogP contribution is -2.45. The minimum atomic E-state index is 0.130. The van der Waals surface area contributed by atoms with Gasteiger partial charge in [0.05, 0.1) is 0 Å². The van der Waals surface area contributed by atoms with Gasteiger partial charge in [0.2, 0.25) is 5.91 Å². The third kappa shape index (κ3) is 2.47. The van der Waals surface area contributed by atoms with Crippen LogP contribution in [-0.2, 0) is 4.79 Å². The summed E-state index contributed by atoms with van der Waals surface area (Å²) in [5, 5.41) is 9.27. The van der Waals surface area contributed by atoms with Gasteiger partial charge in [0.15, 0.2) is 0 Å². The maximum Gasteiger partial charge on any atom is 0.219 e. The van der Waals surface area contributed by atoms with E-state index < -0.39 is 0 Å². The monoisotopic (exact) mass is 199 g/mol. The molecule has 1 amide bonds. The molecule has 0 aromatic carbocycles. The minimum Gasteiger partial charge on any atom is -0.396 e. The van der Waals surface area contributed by atoms with Crippen molar-refractivity contribution < 1.29 is 9.90 Å². The summed E-state index contributed by atoms with van der Waals surface area (Å²) in [4.78, 5) is 13.0. The average molecular weight is 199 g/mol. The Hall–Kier alpha value is -0.570. The van der Waals surface area contributed by atoms with Gasteiger partial charge < -0.3 is 10.0 Å². The van der Waals surface area contributed by atoms with Gasteiger partial charge in [0.25, 0.3) is 0 Å². The normalized spacial score (nSPS) is 28.2. The summed E-state index contributed by atoms with van der Waals surface area (Å²) in [6.45, 7) is 7.77. The number of carbonyl (C=O) groups excluding carboxylic acids is 1. The van der Waals surface area contributed by atoms with Crippen molar-refractivity contribution in [2.24, 2.45) is 17.8 Å². The number of nitrogens with zero attached hydrogens (tertiary/aromatic N) is 1. The molecule has 0 spiro atoms. The number of amides is 1. The second-order valence-corrected chi connectivity index (χ2v) is 4.60. The highest BCUT2D eigenvalue weighted by atomic mass is 16.3. The van der Waals surface area contributed by atoms with Crippen molar-refractivity contribution in [2.45, 2.75) is 27.2 Å². The Kier molecular flexibility index (Phi) is 3.93. The third-order valence-electron chi connectivity index (χ3n) is 3.33. The van der Waals surface area contributed by atoms with E-state index in [1.54, 1.807) is 6.92 Å². The molecule has 14 heavy (non-hydrogen) atoms. The van der Waals surface area contributed by atoms with Gasteiger partial charge in [-0.25, -0.2) is 0 Å². The molecule has 0 radical (unpaired) electrons. The number of carbonyl (C=O) groups is 1. The SMILES string of the molecule is CC(=O)N1CCC(C(C)C)C(CO)C1. The Bertz CT molecular complexity index is 203. The molecule has 82 valence electrons. The van der Waals surface area contributed by atoms with E-state index in [4.69, 9.17) is 0 Å². The molecule has 1 fully saturated rings. The first-order valence-electron chi connectivity index (χ1n) is 5.42. The van der Waals surface area contributed by atoms with Gasteiger partial charge in [0, 0.05) is 32.5 Å². The Balaban J connectivity index is 2.59. The van der Waals surface area contributed by atoms with Gasteiger partial charge in [0.1, 0.15) is 0 Å². The molecule has 3 heteroatoms. The highest BCUT2D eigenvalue weighted by molar-refractivity contribution is 5.73. The number of piperidine rings is 1. The molecule has 0 aromatic rings. The van der Waals surface area contributed by atoms with Crippen molar-refractivity contribution in [1.82, 2.24) is 4.90 Å². The Morgan fingerprint density at radius 3 is 2.64 bits per heavy atom. The molecule has 3 nitrogen and oxygen atoms in total. The first-order chi connectivity index (χ1) is 6.56. The molecule has 0 aliphatic carbocycles. The zero-order chi connectivity index (χ0) is 10.7. The summed E-state index contributed by atoms with van der Waals surface area (Å²) in [6, 6.07) is 0. The zero-order valence-corrected chi connectivity index (χ0v) is 9.36. The number of hydrogen-bond acceptors (Lipinski definition) is 2. The van der Waals surface area contributed by atoms with Gasteiger partial charge in [-0.1, -0.05) is 13.8 Å². The second-order valence-electron chi connectivity index (χ2n) is 4.60. The number of aliphatic hydroxyl groups excluding tert-OH is 1. The van der Waals surface area contributed by atoms with E-state index >= 15 is 0 Å². The average Bonchev–Trinajstić information content (AvgIpc) is 2.16. The largest absolute Gasteiger partial charge is 0.396 e. The lowest BCUT2D eigenvalue weighted by Gasteiger charge is -2.39. The van der Waals surface area contributed by atoms with Crippen molar-refractivity contribution in [3.8, 4) is 0 Å². The molecule has 0 saturated carbocycles. The minimum absolute atomic E-state index is 0.130. The Morgan fingerprint density at radius 2 is 2.21 bits per heavy atom. The number of hydrogen-bond donors (Lipinski definition) is 1. The van der Waals surface area contributed by atoms with Crippen LogP contribution >= 0.6 is 0 Å². The van der Waals surface area contributed by atoms with E-state index in [0.717, 1.165) is 19.5 Å². The first kappa shape index (κ1) is 11.5. The van der Waals surface area contributed by atoms with Crippen molar-refractivity contribution >= 4 is 5.91 Å². The van der Waals surface area contributed by atoms with Gasteiger partial charge in [-0.15, -0.1) is 0 Å². The summed E-state index contributed by atoms with van der Waals surface area (Å²) in [6.07, 6.45) is 1.03. The quantitative estimate of drug-likeness (QED) is 0.724. The highest BCUT2D eigenvalue weighted by Gasteiger charge is 2.31. The van der Waals surface area contributed by atoms with Crippen LogP contribution in [0.1, 0.15) is 27.2 Å². The molecular formula is C11H21NO2. The smallest absolute Gasteiger partial charge is 0.219 e. The van der Waals surface area contributed by atoms with Gasteiger partial charge in [-0.2, -0.15) is 0 Å². The van der Waals surface area contributed by atoms with Gasteiger partial charge in [-0.05, 0) is 18.3 Å². The topological polar surface area (TPSA) is 40.5 Å². The number of aliphatic hydroxyl groups is 1. The summed E-state index contributed by atoms with van der Waals surface area (Å²) >= 11 is 0. The van der Waals surface area contributed by atoms with Gasteiger partial charge >= 0.3 is 0 Å². The third-order valence-corrected chi connectivity index (χ3v) is 3.33. The van der Waals surface area contributed by atoms with Crippen LogP contribution in [-0.4, -0.2) is 35.6 Å². The van der Waals surface area contributed by atoms with Crippen molar-refractivity contribution in [3.05, 3.63) is 0 Å². The van der Waals surface area contributed by atoms with E-state index in [0.29, 0.717) is 11.8 Å². The van der Waals surface area contributed by atoms with Crippen LogP contribution in [0, 0.1) is 17.8 Å². The molecule has 1 heterocycles. The van der Waals surface area contributed by atoms with Crippen molar-refractivity contribution in [2.75, 3.05) is 19.7 Å². The van der Waals surface area contributed by atoms with Crippen molar-refractivity contribution in [1.29, 1.82) is 0 Å². The lowest BCUT2D eigenvalue weighted by molar-refractivity contribution is -0.132. The van der Waals surface area contributed by atoms with Crippen LogP contribution in [0.15, 0.2) is 0 Å². The summed E-state index contributed by atoms with van der Waals surface area (Å²) in [5.41, 5.74) is 0. The number of likely N-dealkylation sites (tertiary alicyclic amines) is 1. The van der Waals surface area contributed by atoms with Crippen LogP contribution in [0.5, 0.6) is 0 Å². The maximum atomic E-state index is 11.2.